The number of hydrogen-bond donors (Lipinski definition) is 2. The lowest BCUT2D eigenvalue weighted by atomic mass is 10.0. The molecule has 1 saturated heterocycles. The van der Waals surface area contributed by atoms with Gasteiger partial charge in [-0.05, 0) is 35.7 Å². The van der Waals surface area contributed by atoms with Crippen LogP contribution in [0.1, 0.15) is 29.5 Å². The standard InChI is InChI=1S/C26H28N6O4/c1-16-28-26(30-36-16)19-5-3-4-18(12-19)23(15-32-9-8-20(33)14-32)31(2)25(35)11-17-6-7-21-22(10-17)29-24(34)13-27-21/h3-7,10,12-13,20,23,33H,8-9,11,14-15H2,1-2H3,(H,29,34)/t20-,23+/m0/s1. The molecule has 0 aliphatic carbocycles. The van der Waals surface area contributed by atoms with Gasteiger partial charge in [0, 0.05) is 39.2 Å². The Morgan fingerprint density at radius 2 is 2.17 bits per heavy atom. The minimum Gasteiger partial charge on any atom is -0.392 e. The van der Waals surface area contributed by atoms with E-state index >= 15 is 0 Å². The molecule has 2 atom stereocenters. The Morgan fingerprint density at radius 1 is 1.31 bits per heavy atom. The van der Waals surface area contributed by atoms with Crippen LogP contribution < -0.4 is 5.56 Å². The second-order valence-corrected chi connectivity index (χ2v) is 9.26. The molecule has 1 aliphatic rings. The Morgan fingerprint density at radius 3 is 2.92 bits per heavy atom. The molecule has 10 heteroatoms. The summed E-state index contributed by atoms with van der Waals surface area (Å²) >= 11 is 0. The van der Waals surface area contributed by atoms with Gasteiger partial charge in [0.1, 0.15) is 0 Å². The van der Waals surface area contributed by atoms with Crippen LogP contribution in [0.15, 0.2) is 58.0 Å². The van der Waals surface area contributed by atoms with E-state index in [4.69, 9.17) is 4.52 Å². The highest BCUT2D eigenvalue weighted by Gasteiger charge is 2.28. The summed E-state index contributed by atoms with van der Waals surface area (Å²) in [6, 6.07) is 13.0. The number of rotatable bonds is 7. The van der Waals surface area contributed by atoms with Crippen LogP contribution in [0.25, 0.3) is 22.4 Å². The largest absolute Gasteiger partial charge is 0.392 e. The average molecular weight is 489 g/mol. The van der Waals surface area contributed by atoms with Crippen molar-refractivity contribution in [2.24, 2.45) is 0 Å². The molecule has 1 fully saturated rings. The van der Waals surface area contributed by atoms with E-state index < -0.39 is 0 Å². The zero-order valence-corrected chi connectivity index (χ0v) is 20.2. The van der Waals surface area contributed by atoms with E-state index in [-0.39, 0.29) is 30.0 Å². The third-order valence-electron chi connectivity index (χ3n) is 6.59. The van der Waals surface area contributed by atoms with Crippen molar-refractivity contribution in [3.8, 4) is 11.4 Å². The molecule has 5 rings (SSSR count). The number of amides is 1. The molecule has 3 heterocycles. The molecular formula is C26H28N6O4. The Kier molecular flexibility index (Phi) is 6.62. The van der Waals surface area contributed by atoms with Crippen molar-refractivity contribution in [1.29, 1.82) is 0 Å². The Labute approximate surface area is 207 Å². The van der Waals surface area contributed by atoms with E-state index in [1.807, 2.05) is 30.3 Å². The van der Waals surface area contributed by atoms with Gasteiger partial charge < -0.3 is 19.5 Å². The molecule has 1 amide bonds. The van der Waals surface area contributed by atoms with E-state index in [2.05, 4.69) is 25.0 Å². The van der Waals surface area contributed by atoms with Crippen LogP contribution in [0.5, 0.6) is 0 Å². The van der Waals surface area contributed by atoms with E-state index in [1.54, 1.807) is 31.0 Å². The fourth-order valence-corrected chi connectivity index (χ4v) is 4.65. The summed E-state index contributed by atoms with van der Waals surface area (Å²) in [6.45, 7) is 3.68. The summed E-state index contributed by atoms with van der Waals surface area (Å²) in [5.74, 6) is 0.917. The number of aliphatic hydroxyl groups is 1. The summed E-state index contributed by atoms with van der Waals surface area (Å²) in [6.07, 6.45) is 1.78. The minimum atomic E-state index is -0.353. The van der Waals surface area contributed by atoms with Crippen LogP contribution in [0.4, 0.5) is 0 Å². The Bertz CT molecular complexity index is 1450. The molecule has 0 saturated carbocycles. The van der Waals surface area contributed by atoms with Crippen molar-refractivity contribution < 1.29 is 14.4 Å². The number of nitrogens with one attached hydrogen (secondary N) is 1. The number of benzene rings is 2. The second-order valence-electron chi connectivity index (χ2n) is 9.26. The summed E-state index contributed by atoms with van der Waals surface area (Å²) in [5, 5.41) is 14.1. The van der Waals surface area contributed by atoms with Crippen molar-refractivity contribution in [3.63, 3.8) is 0 Å². The van der Waals surface area contributed by atoms with Crippen LogP contribution in [0.2, 0.25) is 0 Å². The zero-order valence-electron chi connectivity index (χ0n) is 20.2. The number of fused-ring (bicyclic) bond motifs is 1. The van der Waals surface area contributed by atoms with Gasteiger partial charge in [-0.3, -0.25) is 14.5 Å². The third kappa shape index (κ3) is 5.19. The highest BCUT2D eigenvalue weighted by atomic mass is 16.5. The quantitative estimate of drug-likeness (QED) is 0.405. The highest BCUT2D eigenvalue weighted by molar-refractivity contribution is 5.81. The van der Waals surface area contributed by atoms with Gasteiger partial charge in [0.15, 0.2) is 0 Å². The van der Waals surface area contributed by atoms with Crippen molar-refractivity contribution in [2.75, 3.05) is 26.7 Å². The van der Waals surface area contributed by atoms with Crippen LogP contribution >= 0.6 is 0 Å². The normalized spacial score (nSPS) is 16.9. The van der Waals surface area contributed by atoms with Crippen molar-refractivity contribution in [3.05, 3.63) is 76.0 Å². The molecule has 2 N–H and O–H groups in total. The van der Waals surface area contributed by atoms with Crippen LogP contribution in [0, 0.1) is 6.92 Å². The molecule has 186 valence electrons. The molecule has 10 nitrogen and oxygen atoms in total. The van der Waals surface area contributed by atoms with Crippen LogP contribution in [-0.4, -0.2) is 73.7 Å². The van der Waals surface area contributed by atoms with Crippen LogP contribution in [0.3, 0.4) is 0 Å². The fourth-order valence-electron chi connectivity index (χ4n) is 4.65. The molecule has 4 aromatic rings. The first-order valence-corrected chi connectivity index (χ1v) is 11.9. The number of carbonyl (C=O) groups excluding carboxylic acids is 1. The molecule has 0 radical (unpaired) electrons. The number of H-pyrrole nitrogens is 1. The van der Waals surface area contributed by atoms with Crippen LogP contribution in [-0.2, 0) is 11.2 Å². The number of nitrogens with zero attached hydrogens (tertiary/aromatic N) is 5. The molecule has 1 aliphatic heterocycles. The smallest absolute Gasteiger partial charge is 0.266 e. The molecule has 2 aromatic heterocycles. The van der Waals surface area contributed by atoms with Gasteiger partial charge in [0.25, 0.3) is 5.56 Å². The lowest BCUT2D eigenvalue weighted by Gasteiger charge is -2.32. The number of likely N-dealkylation sites (tertiary alicyclic amines) is 1. The average Bonchev–Trinajstić information content (AvgIpc) is 3.49. The van der Waals surface area contributed by atoms with Gasteiger partial charge in [-0.1, -0.05) is 29.4 Å². The number of likely N-dealkylation sites (N-methyl/N-ethyl adjacent to an activating group) is 1. The van der Waals surface area contributed by atoms with Gasteiger partial charge in [-0.15, -0.1) is 0 Å². The third-order valence-corrected chi connectivity index (χ3v) is 6.59. The zero-order chi connectivity index (χ0) is 25.2. The number of carbonyl (C=O) groups is 1. The lowest BCUT2D eigenvalue weighted by Crippen LogP contribution is -2.39. The highest BCUT2D eigenvalue weighted by Crippen LogP contribution is 2.27. The van der Waals surface area contributed by atoms with Gasteiger partial charge in [0.05, 0.1) is 35.8 Å². The van der Waals surface area contributed by atoms with E-state index in [0.717, 1.165) is 29.7 Å². The maximum atomic E-state index is 13.5. The SMILES string of the molecule is Cc1nc(-c2cccc([C@@H](CN3CC[C@H](O)C3)N(C)C(=O)Cc3ccc4ncc(=O)[nH]c4c3)c2)no1. The molecule has 0 bridgehead atoms. The number of aromatic amines is 1. The second kappa shape index (κ2) is 10.00. The summed E-state index contributed by atoms with van der Waals surface area (Å²) < 4.78 is 5.14. The van der Waals surface area contributed by atoms with E-state index in [9.17, 15) is 14.7 Å². The van der Waals surface area contributed by atoms with Gasteiger partial charge in [-0.2, -0.15) is 4.98 Å². The number of β-amino-alcohol motifs (C(OH)–C–C–N with tert-alkyl or cyclic N) is 1. The summed E-state index contributed by atoms with van der Waals surface area (Å²) in [7, 11) is 1.80. The molecule has 0 spiro atoms. The lowest BCUT2D eigenvalue weighted by molar-refractivity contribution is -0.131. The molecule has 0 unspecified atom stereocenters. The Hall–Kier alpha value is -3.89. The van der Waals surface area contributed by atoms with Gasteiger partial charge in [-0.25, -0.2) is 4.98 Å². The molecule has 2 aromatic carbocycles. The van der Waals surface area contributed by atoms with Crippen molar-refractivity contribution in [2.45, 2.75) is 31.9 Å². The number of aromatic nitrogens is 4. The Balaban J connectivity index is 1.41. The van der Waals surface area contributed by atoms with Crippen molar-refractivity contribution in [1.82, 2.24) is 29.9 Å². The van der Waals surface area contributed by atoms with Gasteiger partial charge in [0.2, 0.25) is 17.6 Å². The predicted molar refractivity (Wildman–Crippen MR) is 133 cm³/mol. The first kappa shape index (κ1) is 23.8. The van der Waals surface area contributed by atoms with E-state index in [1.165, 1.54) is 6.20 Å². The number of aryl methyl sites for hydroxylation is 1. The summed E-state index contributed by atoms with van der Waals surface area (Å²) in [4.78, 5) is 40.3. The van der Waals surface area contributed by atoms with Crippen molar-refractivity contribution >= 4 is 16.9 Å². The number of hydrogen-bond acceptors (Lipinski definition) is 8. The maximum absolute atomic E-state index is 13.5. The maximum Gasteiger partial charge on any atom is 0.266 e. The topological polar surface area (TPSA) is 128 Å². The fraction of sp³-hybridized carbons (Fsp3) is 0.346. The number of aliphatic hydroxyl groups excluding tert-OH is 1. The monoisotopic (exact) mass is 488 g/mol. The van der Waals surface area contributed by atoms with E-state index in [0.29, 0.717) is 35.8 Å². The van der Waals surface area contributed by atoms with Gasteiger partial charge >= 0.3 is 0 Å². The first-order chi connectivity index (χ1) is 17.4. The summed E-state index contributed by atoms with van der Waals surface area (Å²) in [5.41, 5.74) is 3.52. The predicted octanol–water partition coefficient (Wildman–Crippen LogP) is 2.09. The first-order valence-electron chi connectivity index (χ1n) is 11.9. The molecule has 36 heavy (non-hydrogen) atoms. The minimum absolute atomic E-state index is 0.0638. The molecular weight excluding hydrogens is 460 g/mol.